The summed E-state index contributed by atoms with van der Waals surface area (Å²) in [5.74, 6) is -0.658. The monoisotopic (exact) mass is 314 g/mol. The number of esters is 1. The van der Waals surface area contributed by atoms with Crippen LogP contribution in [0.4, 0.5) is 5.69 Å². The molecule has 9 heteroatoms. The maximum Gasteiger partial charge on any atom is 0.324 e. The van der Waals surface area contributed by atoms with Gasteiger partial charge in [-0.2, -0.15) is 4.31 Å². The summed E-state index contributed by atoms with van der Waals surface area (Å²) >= 11 is 0. The summed E-state index contributed by atoms with van der Waals surface area (Å²) in [7, 11) is -2.95. The van der Waals surface area contributed by atoms with Crippen LogP contribution >= 0.6 is 0 Å². The fourth-order valence-corrected chi connectivity index (χ4v) is 4.16. The highest BCUT2D eigenvalue weighted by Gasteiger charge is 2.42. The molecule has 21 heavy (non-hydrogen) atoms. The van der Waals surface area contributed by atoms with E-state index in [0.717, 1.165) is 10.4 Å². The third-order valence-corrected chi connectivity index (χ3v) is 5.28. The van der Waals surface area contributed by atoms with Gasteiger partial charge in [0.2, 0.25) is 0 Å². The number of hydrogen-bond acceptors (Lipinski definition) is 6. The van der Waals surface area contributed by atoms with Crippen LogP contribution in [0, 0.1) is 10.1 Å². The molecule has 0 spiro atoms. The number of methoxy groups -OCH3 is 1. The van der Waals surface area contributed by atoms with Crippen molar-refractivity contribution in [1.82, 2.24) is 4.31 Å². The maximum absolute atomic E-state index is 12.6. The zero-order valence-corrected chi connectivity index (χ0v) is 12.1. The molecule has 1 saturated heterocycles. The number of carbonyl (C=O) groups excluding carboxylic acids is 1. The van der Waals surface area contributed by atoms with Crippen LogP contribution in [-0.2, 0) is 19.6 Å². The van der Waals surface area contributed by atoms with Gasteiger partial charge in [-0.15, -0.1) is 0 Å². The number of nitrogens with zero attached hydrogens (tertiary/aromatic N) is 2. The van der Waals surface area contributed by atoms with Gasteiger partial charge < -0.3 is 4.74 Å². The van der Waals surface area contributed by atoms with Crippen LogP contribution in [0.5, 0.6) is 0 Å². The van der Waals surface area contributed by atoms with Crippen molar-refractivity contribution in [3.05, 3.63) is 34.4 Å². The van der Waals surface area contributed by atoms with Gasteiger partial charge in [0.05, 0.1) is 12.0 Å². The van der Waals surface area contributed by atoms with E-state index in [-0.39, 0.29) is 6.54 Å². The van der Waals surface area contributed by atoms with Gasteiger partial charge >= 0.3 is 5.97 Å². The lowest BCUT2D eigenvalue weighted by Crippen LogP contribution is -2.41. The average molecular weight is 314 g/mol. The van der Waals surface area contributed by atoms with Crippen molar-refractivity contribution < 1.29 is 22.9 Å². The van der Waals surface area contributed by atoms with E-state index in [9.17, 15) is 23.3 Å². The molecule has 1 fully saturated rings. The van der Waals surface area contributed by atoms with Crippen LogP contribution in [0.25, 0.3) is 0 Å². The number of hydrogen-bond donors (Lipinski definition) is 0. The highest BCUT2D eigenvalue weighted by Crippen LogP contribution is 2.31. The van der Waals surface area contributed by atoms with E-state index in [1.54, 1.807) is 0 Å². The molecule has 1 atom stereocenters. The highest BCUT2D eigenvalue weighted by molar-refractivity contribution is 7.89. The first-order chi connectivity index (χ1) is 9.89. The summed E-state index contributed by atoms with van der Waals surface area (Å²) in [6.45, 7) is 0.133. The Morgan fingerprint density at radius 3 is 2.71 bits per heavy atom. The zero-order chi connectivity index (χ0) is 15.6. The van der Waals surface area contributed by atoms with Crippen LogP contribution in [0.3, 0.4) is 0 Å². The van der Waals surface area contributed by atoms with Crippen LogP contribution in [0.15, 0.2) is 29.2 Å². The molecule has 0 aromatic heterocycles. The van der Waals surface area contributed by atoms with Gasteiger partial charge in [-0.3, -0.25) is 14.9 Å². The minimum absolute atomic E-state index is 0.133. The Labute approximate surface area is 121 Å². The molecule has 1 heterocycles. The van der Waals surface area contributed by atoms with Crippen molar-refractivity contribution in [2.24, 2.45) is 0 Å². The smallest absolute Gasteiger partial charge is 0.324 e. The number of carbonyl (C=O) groups is 1. The fourth-order valence-electron chi connectivity index (χ4n) is 2.35. The average Bonchev–Trinajstić information content (AvgIpc) is 2.96. The minimum atomic E-state index is -4.13. The first kappa shape index (κ1) is 15.4. The van der Waals surface area contributed by atoms with Crippen LogP contribution in [0.2, 0.25) is 0 Å². The second kappa shape index (κ2) is 5.78. The molecule has 0 bridgehead atoms. The minimum Gasteiger partial charge on any atom is -0.468 e. The first-order valence-corrected chi connectivity index (χ1v) is 7.66. The zero-order valence-electron chi connectivity index (χ0n) is 11.3. The number of nitro benzene ring substituents is 1. The molecule has 2 rings (SSSR count). The molecule has 1 aliphatic heterocycles. The van der Waals surface area contributed by atoms with Gasteiger partial charge in [-0.25, -0.2) is 8.42 Å². The van der Waals surface area contributed by atoms with Gasteiger partial charge in [0.15, 0.2) is 4.90 Å². The molecule has 1 aliphatic rings. The molecule has 0 aliphatic carbocycles. The van der Waals surface area contributed by atoms with Gasteiger partial charge in [-0.1, -0.05) is 12.1 Å². The topological polar surface area (TPSA) is 107 Å². The summed E-state index contributed by atoms with van der Waals surface area (Å²) in [5, 5.41) is 11.0. The molecule has 0 saturated carbocycles. The van der Waals surface area contributed by atoms with E-state index in [0.29, 0.717) is 12.8 Å². The van der Waals surface area contributed by atoms with Gasteiger partial charge in [0.1, 0.15) is 6.04 Å². The predicted molar refractivity (Wildman–Crippen MR) is 72.0 cm³/mol. The SMILES string of the molecule is COC(=O)C1CCCN1S(=O)(=O)c1ccccc1[N+](=O)[O-]. The lowest BCUT2D eigenvalue weighted by molar-refractivity contribution is -0.387. The summed E-state index contributed by atoms with van der Waals surface area (Å²) in [6.07, 6.45) is 0.839. The van der Waals surface area contributed by atoms with Crippen LogP contribution in [0.1, 0.15) is 12.8 Å². The van der Waals surface area contributed by atoms with E-state index in [1.807, 2.05) is 0 Å². The molecule has 1 aromatic carbocycles. The number of benzene rings is 1. The van der Waals surface area contributed by atoms with Crippen molar-refractivity contribution in [1.29, 1.82) is 0 Å². The van der Waals surface area contributed by atoms with E-state index < -0.39 is 37.5 Å². The van der Waals surface area contributed by atoms with Gasteiger partial charge in [0.25, 0.3) is 15.7 Å². The maximum atomic E-state index is 12.6. The van der Waals surface area contributed by atoms with E-state index in [2.05, 4.69) is 4.74 Å². The summed E-state index contributed by atoms with van der Waals surface area (Å²) < 4.78 is 30.8. The second-order valence-corrected chi connectivity index (χ2v) is 6.38. The molecule has 1 unspecified atom stereocenters. The Morgan fingerprint density at radius 2 is 2.10 bits per heavy atom. The highest BCUT2D eigenvalue weighted by atomic mass is 32.2. The quantitative estimate of drug-likeness (QED) is 0.464. The van der Waals surface area contributed by atoms with Crippen LogP contribution < -0.4 is 0 Å². The Morgan fingerprint density at radius 1 is 1.43 bits per heavy atom. The van der Waals surface area contributed by atoms with E-state index >= 15 is 0 Å². The van der Waals surface area contributed by atoms with Gasteiger partial charge in [0, 0.05) is 12.6 Å². The van der Waals surface area contributed by atoms with Crippen molar-refractivity contribution >= 4 is 21.7 Å². The Balaban J connectivity index is 2.48. The molecule has 1 aromatic rings. The van der Waals surface area contributed by atoms with Crippen molar-refractivity contribution in [3.63, 3.8) is 0 Å². The van der Waals surface area contributed by atoms with Crippen molar-refractivity contribution in [2.45, 2.75) is 23.8 Å². The largest absolute Gasteiger partial charge is 0.468 e. The number of ether oxygens (including phenoxy) is 1. The summed E-state index contributed by atoms with van der Waals surface area (Å²) in [6, 6.07) is 4.15. The number of nitro groups is 1. The summed E-state index contributed by atoms with van der Waals surface area (Å²) in [5.41, 5.74) is -0.506. The second-order valence-electron chi connectivity index (χ2n) is 4.52. The molecule has 0 amide bonds. The Bertz CT molecular complexity index is 672. The third kappa shape index (κ3) is 2.74. The number of sulfonamides is 1. The van der Waals surface area contributed by atoms with Crippen molar-refractivity contribution in [2.75, 3.05) is 13.7 Å². The van der Waals surface area contributed by atoms with Crippen molar-refractivity contribution in [3.8, 4) is 0 Å². The normalized spacial score (nSPS) is 19.4. The third-order valence-electron chi connectivity index (χ3n) is 3.33. The fraction of sp³-hybridized carbons (Fsp3) is 0.417. The lowest BCUT2D eigenvalue weighted by Gasteiger charge is -2.21. The molecule has 0 N–H and O–H groups in total. The molecule has 114 valence electrons. The lowest BCUT2D eigenvalue weighted by atomic mass is 10.2. The Kier molecular flexibility index (Phi) is 4.24. The molecule has 8 nitrogen and oxygen atoms in total. The first-order valence-electron chi connectivity index (χ1n) is 6.22. The van der Waals surface area contributed by atoms with Crippen LogP contribution in [-0.4, -0.2) is 43.3 Å². The molecular formula is C12H14N2O6S. The van der Waals surface area contributed by atoms with Gasteiger partial charge in [-0.05, 0) is 18.9 Å². The molecule has 0 radical (unpaired) electrons. The number of rotatable bonds is 4. The molecular weight excluding hydrogens is 300 g/mol. The standard InChI is InChI=1S/C12H14N2O6S/c1-20-12(15)10-6-4-8-13(10)21(18,19)11-7-3-2-5-9(11)14(16)17/h2-3,5,7,10H,4,6,8H2,1H3. The predicted octanol–water partition coefficient (Wildman–Crippen LogP) is 0.921. The summed E-state index contributed by atoms with van der Waals surface area (Å²) in [4.78, 5) is 21.5. The number of para-hydroxylation sites is 1. The Hall–Kier alpha value is -2.00. The van der Waals surface area contributed by atoms with E-state index in [1.165, 1.54) is 25.3 Å². The van der Waals surface area contributed by atoms with E-state index in [4.69, 9.17) is 0 Å².